The molecule has 3 aliphatic heterocycles. The number of nitrogens with one attached hydrogen (secondary N) is 1. The fourth-order valence-electron chi connectivity index (χ4n) is 10.7. The number of cyclic esters (lactones) is 1. The van der Waals surface area contributed by atoms with Gasteiger partial charge in [0.15, 0.2) is 11.0 Å². The first kappa shape index (κ1) is 52.2. The van der Waals surface area contributed by atoms with Crippen molar-refractivity contribution >= 4 is 73.9 Å². The Kier molecular flexibility index (Phi) is 14.8. The molecule has 2 saturated heterocycles. The third-order valence-electron chi connectivity index (χ3n) is 14.0. The first-order valence-corrected chi connectivity index (χ1v) is 25.3. The lowest BCUT2D eigenvalue weighted by atomic mass is 9.65. The fraction of sp³-hybridized carbons (Fsp3) is 0.224. The summed E-state index contributed by atoms with van der Waals surface area (Å²) in [5.74, 6) is -1.51. The zero-order valence-electron chi connectivity index (χ0n) is 41.7. The summed E-state index contributed by atoms with van der Waals surface area (Å²) >= 11 is 1.17. The molecule has 20 heteroatoms. The largest absolute Gasteiger partial charge is 0.491 e. The summed E-state index contributed by atoms with van der Waals surface area (Å²) in [6.45, 7) is -0.898. The lowest BCUT2D eigenvalue weighted by molar-refractivity contribution is -0.384. The van der Waals surface area contributed by atoms with E-state index in [4.69, 9.17) is 28.7 Å². The predicted molar refractivity (Wildman–Crippen MR) is 281 cm³/mol. The maximum absolute atomic E-state index is 16.8. The van der Waals surface area contributed by atoms with Crippen molar-refractivity contribution in [2.75, 3.05) is 37.7 Å². The van der Waals surface area contributed by atoms with Crippen LogP contribution < -0.4 is 15.0 Å². The second kappa shape index (κ2) is 22.1. The Bertz CT molecular complexity index is 3500. The van der Waals surface area contributed by atoms with Crippen LogP contribution in [-0.4, -0.2) is 89.2 Å². The van der Waals surface area contributed by atoms with Crippen LogP contribution >= 0.6 is 11.3 Å². The molecule has 3 aliphatic rings. The molecule has 4 heterocycles. The molecule has 2 fully saturated rings. The minimum Gasteiger partial charge on any atom is -0.491 e. The number of ether oxygens (including phenoxy) is 5. The summed E-state index contributed by atoms with van der Waals surface area (Å²) in [7, 11) is 2.24. The number of carbonyl (C=O) groups is 6. The van der Waals surface area contributed by atoms with Crippen LogP contribution in [0.15, 0.2) is 152 Å². The Morgan fingerprint density at radius 2 is 1.51 bits per heavy atom. The molecule has 6 aromatic carbocycles. The van der Waals surface area contributed by atoms with Crippen LogP contribution in [0.1, 0.15) is 58.0 Å². The van der Waals surface area contributed by atoms with Crippen molar-refractivity contribution in [1.82, 2.24) is 9.88 Å². The van der Waals surface area contributed by atoms with Gasteiger partial charge in [-0.25, -0.2) is 14.7 Å². The van der Waals surface area contributed by atoms with Crippen molar-refractivity contribution in [1.29, 1.82) is 0 Å². The maximum atomic E-state index is 16.8. The Hall–Kier alpha value is -9.29. The summed E-state index contributed by atoms with van der Waals surface area (Å²) in [6, 6.07) is 38.0. The molecule has 0 bridgehead atoms. The van der Waals surface area contributed by atoms with E-state index in [1.54, 1.807) is 48.5 Å². The third kappa shape index (κ3) is 9.55. The molecule has 6 unspecified atom stereocenters. The van der Waals surface area contributed by atoms with Crippen molar-refractivity contribution in [3.05, 3.63) is 195 Å². The number of esters is 3. The van der Waals surface area contributed by atoms with Crippen LogP contribution in [0, 0.1) is 33.8 Å². The number of nitro benzene ring substituents is 1. The van der Waals surface area contributed by atoms with Gasteiger partial charge in [0.2, 0.25) is 11.8 Å². The number of nitrogens with zero attached hydrogens (tertiary/aromatic N) is 4. The van der Waals surface area contributed by atoms with Gasteiger partial charge in [-0.05, 0) is 82.4 Å². The van der Waals surface area contributed by atoms with Crippen molar-refractivity contribution in [2.24, 2.45) is 11.8 Å². The van der Waals surface area contributed by atoms with E-state index in [2.05, 4.69) is 17.2 Å². The second-order valence-corrected chi connectivity index (χ2v) is 19.4. The normalized spacial score (nSPS) is 20.3. The number of para-hydroxylation sites is 1. The highest BCUT2D eigenvalue weighted by Crippen LogP contribution is 2.66. The number of nitro groups is 1. The quantitative estimate of drug-likeness (QED) is 0.0262. The highest BCUT2D eigenvalue weighted by atomic mass is 32.1. The molecule has 78 heavy (non-hydrogen) atoms. The molecule has 1 spiro atoms. The molecule has 7 aromatic rings. The van der Waals surface area contributed by atoms with E-state index in [0.29, 0.717) is 27.8 Å². The van der Waals surface area contributed by atoms with Crippen molar-refractivity contribution in [2.45, 2.75) is 42.7 Å². The molecule has 0 aliphatic carbocycles. The van der Waals surface area contributed by atoms with Gasteiger partial charge < -0.3 is 34.1 Å². The number of anilines is 2. The number of fused-ring (bicyclic) bond motifs is 4. The number of hydrogen-bond donors (Lipinski definition) is 2. The number of imide groups is 1. The summed E-state index contributed by atoms with van der Waals surface area (Å²) in [6.07, 6.45) is -2.59. The Balaban J connectivity index is 1.24. The highest BCUT2D eigenvalue weighted by Gasteiger charge is 2.76. The number of non-ortho nitro benzene ring substituents is 1. The Morgan fingerprint density at radius 3 is 2.19 bits per heavy atom. The van der Waals surface area contributed by atoms with Crippen LogP contribution in [0.25, 0.3) is 10.2 Å². The number of benzene rings is 6. The van der Waals surface area contributed by atoms with Gasteiger partial charge in [-0.3, -0.25) is 39.0 Å². The van der Waals surface area contributed by atoms with Gasteiger partial charge in [0, 0.05) is 24.1 Å². The van der Waals surface area contributed by atoms with Crippen LogP contribution in [0.4, 0.5) is 21.3 Å². The minimum atomic E-state index is -2.31. The molecule has 6 atom stereocenters. The summed E-state index contributed by atoms with van der Waals surface area (Å²) < 4.78 is 28.9. The van der Waals surface area contributed by atoms with Crippen molar-refractivity contribution in [3.8, 4) is 17.6 Å². The van der Waals surface area contributed by atoms with E-state index in [9.17, 15) is 24.8 Å². The van der Waals surface area contributed by atoms with Gasteiger partial charge in [0.1, 0.15) is 36.5 Å². The first-order valence-electron chi connectivity index (χ1n) is 24.5. The zero-order chi connectivity index (χ0) is 54.7. The number of amides is 3. The van der Waals surface area contributed by atoms with Crippen LogP contribution in [0.3, 0.4) is 0 Å². The summed E-state index contributed by atoms with van der Waals surface area (Å²) in [5, 5.41) is 24.5. The second-order valence-electron chi connectivity index (χ2n) is 18.3. The average molecular weight is 1070 g/mol. The predicted octanol–water partition coefficient (Wildman–Crippen LogP) is 7.92. The number of carbonyl (C=O) groups excluding carboxylic acids is 6. The van der Waals surface area contributed by atoms with Crippen LogP contribution in [-0.2, 0) is 54.9 Å². The van der Waals surface area contributed by atoms with E-state index in [1.807, 2.05) is 65.6 Å². The summed E-state index contributed by atoms with van der Waals surface area (Å²) in [4.78, 5) is 107. The maximum Gasteiger partial charge on any atom is 0.421 e. The van der Waals surface area contributed by atoms with Crippen molar-refractivity contribution < 1.29 is 62.5 Å². The lowest BCUT2D eigenvalue weighted by Gasteiger charge is -2.46. The van der Waals surface area contributed by atoms with Crippen LogP contribution in [0.2, 0.25) is 0 Å². The van der Waals surface area contributed by atoms with E-state index in [0.717, 1.165) is 23.8 Å². The number of aromatic nitrogens is 1. The lowest BCUT2D eigenvalue weighted by Crippen LogP contribution is -2.54. The SMILES string of the molecule is COC(=O)C(CC#Cc1ccc2c(c1)C1(C(=O)N2C(=O)OCc2ccc([N+](=O)[O-])cc2)C(C(=O)Nc2nc3ccccc3s2)C2C(=O)OC(c3ccccc3)C(c3ccccc3)N2C1c1cccc(OCCO)c1)C(=O)OC. The van der Waals surface area contributed by atoms with Gasteiger partial charge in [0.05, 0.1) is 59.7 Å². The number of thiazole rings is 1. The Labute approximate surface area is 449 Å². The fourth-order valence-corrected chi connectivity index (χ4v) is 11.6. The monoisotopic (exact) mass is 1070 g/mol. The van der Waals surface area contributed by atoms with Gasteiger partial charge >= 0.3 is 24.0 Å². The van der Waals surface area contributed by atoms with E-state index < -0.39 is 88.8 Å². The molecule has 19 nitrogen and oxygen atoms in total. The third-order valence-corrected chi connectivity index (χ3v) is 15.0. The molecule has 1 aromatic heterocycles. The van der Waals surface area contributed by atoms with Gasteiger partial charge in [-0.2, -0.15) is 0 Å². The zero-order valence-corrected chi connectivity index (χ0v) is 42.5. The number of hydrogen-bond acceptors (Lipinski definition) is 17. The summed E-state index contributed by atoms with van der Waals surface area (Å²) in [5.41, 5.74) is 0.216. The number of aliphatic hydroxyl groups excluding tert-OH is 1. The van der Waals surface area contributed by atoms with Gasteiger partial charge in [0.25, 0.3) is 5.69 Å². The first-order chi connectivity index (χ1) is 37.9. The van der Waals surface area contributed by atoms with Crippen molar-refractivity contribution in [3.63, 3.8) is 0 Å². The van der Waals surface area contributed by atoms with E-state index >= 15 is 19.2 Å². The highest BCUT2D eigenvalue weighted by molar-refractivity contribution is 7.22. The standard InChI is InChI=1S/C58H47N5O14S/c1-73-52(66)41(53(67)74-2)20-11-13-34-25-28-44-42(31-34)58(55(69)61(44)57(70)76-33-35-23-26-39(27-24-35)63(71)72)46(51(65)60-56-59-43-21-9-10-22-45(43)78-56)48-54(68)77-49(37-16-7-4-8-17-37)47(36-14-5-3-6-15-36)62(48)50(58)38-18-12-19-40(32-38)75-30-29-64/h3-10,12,14-19,21-28,31-32,41,46-50,64H,20,29-30,33H2,1-2H3,(H,59,60,65). The molecular formula is C58H47N5O14S. The number of rotatable bonds is 14. The number of methoxy groups -OCH3 is 2. The number of morpholine rings is 1. The van der Waals surface area contributed by atoms with Gasteiger partial charge in [-0.15, -0.1) is 0 Å². The van der Waals surface area contributed by atoms with Crippen LogP contribution in [0.5, 0.6) is 5.75 Å². The minimum absolute atomic E-state index is 0.0409. The molecule has 2 N–H and O–H groups in total. The molecule has 0 radical (unpaired) electrons. The average Bonchev–Trinajstić information content (AvgIpc) is 2.71. The van der Waals surface area contributed by atoms with E-state index in [1.165, 1.54) is 53.8 Å². The molecule has 3 amide bonds. The van der Waals surface area contributed by atoms with Gasteiger partial charge in [-0.1, -0.05) is 108 Å². The van der Waals surface area contributed by atoms with E-state index in [-0.39, 0.29) is 53.0 Å². The topological polar surface area (TPSA) is 243 Å². The number of aliphatic hydroxyl groups is 1. The molecule has 10 rings (SSSR count). The molecule has 394 valence electrons. The Morgan fingerprint density at radius 1 is 0.833 bits per heavy atom. The molecule has 0 saturated carbocycles. The molecular weight excluding hydrogens is 1020 g/mol. The smallest absolute Gasteiger partial charge is 0.421 e.